The van der Waals surface area contributed by atoms with Gasteiger partial charge in [-0.05, 0) is 88.5 Å². The molecule has 0 bridgehead atoms. The van der Waals surface area contributed by atoms with Gasteiger partial charge in [0.2, 0.25) is 0 Å². The monoisotopic (exact) mass is 637 g/mol. The first-order valence-electron chi connectivity index (χ1n) is 15.0. The summed E-state index contributed by atoms with van der Waals surface area (Å²) in [5.41, 5.74) is 6.88. The number of benzene rings is 3. The molecule has 0 N–H and O–H groups in total. The minimum Gasteiger partial charge on any atom is -0.492 e. The molecule has 3 aromatic heterocycles. The summed E-state index contributed by atoms with van der Waals surface area (Å²) in [4.78, 5) is 6.96. The maximum atomic E-state index is 14.0. The lowest BCUT2D eigenvalue weighted by molar-refractivity contribution is 0.261. The average Bonchev–Trinajstić information content (AvgIpc) is 3.53. The number of hydrogen-bond acceptors (Lipinski definition) is 6. The van der Waals surface area contributed by atoms with Crippen molar-refractivity contribution in [2.75, 3.05) is 27.2 Å². The second kappa shape index (κ2) is 12.5. The number of halogens is 1. The van der Waals surface area contributed by atoms with Crippen molar-refractivity contribution in [3.05, 3.63) is 120 Å². The minimum absolute atomic E-state index is 0.174. The van der Waals surface area contributed by atoms with Crippen molar-refractivity contribution >= 4 is 21.1 Å². The summed E-state index contributed by atoms with van der Waals surface area (Å²) < 4.78 is 50.9. The molecule has 0 atom stereocenters. The van der Waals surface area contributed by atoms with Gasteiger partial charge in [-0.2, -0.15) is 5.10 Å². The molecule has 0 aliphatic carbocycles. The van der Waals surface area contributed by atoms with Crippen molar-refractivity contribution in [3.63, 3.8) is 0 Å². The Balaban J connectivity index is 1.47. The lowest BCUT2D eigenvalue weighted by Gasteiger charge is -2.11. The third kappa shape index (κ3) is 6.18. The number of nitrogens with zero attached hydrogens (tertiary/aromatic N) is 5. The first-order valence-corrected chi connectivity index (χ1v) is 16.5. The van der Waals surface area contributed by atoms with E-state index in [1.165, 1.54) is 16.1 Å². The second-order valence-corrected chi connectivity index (χ2v) is 13.6. The van der Waals surface area contributed by atoms with E-state index in [0.29, 0.717) is 29.7 Å². The first kappa shape index (κ1) is 31.2. The summed E-state index contributed by atoms with van der Waals surface area (Å²) in [6, 6.07) is 23.0. The third-order valence-electron chi connectivity index (χ3n) is 8.06. The number of aromatic nitrogens is 4. The number of aryl methyl sites for hydroxylation is 2. The Kier molecular flexibility index (Phi) is 8.50. The van der Waals surface area contributed by atoms with Crippen LogP contribution in [0.1, 0.15) is 22.5 Å². The molecule has 236 valence electrons. The Labute approximate surface area is 268 Å². The Morgan fingerprint density at radius 1 is 0.913 bits per heavy atom. The molecule has 46 heavy (non-hydrogen) atoms. The van der Waals surface area contributed by atoms with E-state index in [9.17, 15) is 12.8 Å². The molecule has 6 rings (SSSR count). The van der Waals surface area contributed by atoms with Gasteiger partial charge in [-0.25, -0.2) is 21.8 Å². The van der Waals surface area contributed by atoms with Crippen LogP contribution in [0.4, 0.5) is 4.39 Å². The lowest BCUT2D eigenvalue weighted by atomic mass is 10.0. The smallest absolute Gasteiger partial charge is 0.269 e. The number of pyridine rings is 1. The molecule has 0 spiro atoms. The largest absolute Gasteiger partial charge is 0.492 e. The fourth-order valence-corrected chi connectivity index (χ4v) is 6.91. The molecule has 0 fully saturated rings. The second-order valence-electron chi connectivity index (χ2n) is 11.8. The molecule has 0 aliphatic rings. The van der Waals surface area contributed by atoms with E-state index in [0.717, 1.165) is 51.5 Å². The van der Waals surface area contributed by atoms with Gasteiger partial charge in [0.05, 0.1) is 17.1 Å². The molecule has 0 saturated heterocycles. The van der Waals surface area contributed by atoms with Crippen LogP contribution in [0.25, 0.3) is 33.3 Å². The van der Waals surface area contributed by atoms with E-state index in [-0.39, 0.29) is 10.7 Å². The fraction of sp³-hybridized carbons (Fsp3) is 0.222. The highest BCUT2D eigenvalue weighted by molar-refractivity contribution is 7.90. The van der Waals surface area contributed by atoms with Gasteiger partial charge in [0, 0.05) is 46.7 Å². The quantitative estimate of drug-likeness (QED) is 0.163. The van der Waals surface area contributed by atoms with E-state index in [1.54, 1.807) is 42.7 Å². The van der Waals surface area contributed by atoms with Gasteiger partial charge in [0.1, 0.15) is 18.2 Å². The van der Waals surface area contributed by atoms with Crippen LogP contribution in [0, 0.1) is 26.6 Å². The molecule has 6 aromatic rings. The summed E-state index contributed by atoms with van der Waals surface area (Å²) >= 11 is 0. The average molecular weight is 638 g/mol. The third-order valence-corrected chi connectivity index (χ3v) is 9.72. The zero-order valence-corrected chi connectivity index (χ0v) is 27.3. The zero-order valence-electron chi connectivity index (χ0n) is 26.5. The summed E-state index contributed by atoms with van der Waals surface area (Å²) in [6.45, 7) is 7.52. The lowest BCUT2D eigenvalue weighted by Crippen LogP contribution is -2.19. The number of fused-ring (bicyclic) bond motifs is 1. The number of rotatable bonds is 10. The van der Waals surface area contributed by atoms with E-state index in [1.807, 2.05) is 75.9 Å². The molecule has 10 heteroatoms. The van der Waals surface area contributed by atoms with Crippen LogP contribution in [0.5, 0.6) is 5.75 Å². The standard InChI is InChI=1S/C36H36FN5O3S/c1-24-9-15-32(16-10-24)46(43,44)42-23-34(35-25(2)39-41(26(35)3)22-27-7-6-8-30(37)19-27)33-20-29(21-38-36(33)42)28-11-13-31(14-12-28)45-18-17-40(4)5/h6-16,19-21,23H,17-18,22H2,1-5H3. The SMILES string of the molecule is Cc1ccc(S(=O)(=O)n2cc(-c3c(C)nn(Cc4cccc(F)c4)c3C)c3cc(-c4ccc(OCCN(C)C)cc4)cnc32)cc1. The molecule has 8 nitrogen and oxygen atoms in total. The van der Waals surface area contributed by atoms with Gasteiger partial charge in [-0.15, -0.1) is 0 Å². The summed E-state index contributed by atoms with van der Waals surface area (Å²) in [5.74, 6) is 0.461. The molecule has 3 heterocycles. The molecule has 0 amide bonds. The van der Waals surface area contributed by atoms with Crippen molar-refractivity contribution in [1.82, 2.24) is 23.6 Å². The number of hydrogen-bond donors (Lipinski definition) is 0. The van der Waals surface area contributed by atoms with Gasteiger partial charge >= 0.3 is 0 Å². The Bertz CT molecular complexity index is 2130. The Morgan fingerprint density at radius 2 is 1.65 bits per heavy atom. The molecular formula is C36H36FN5O3S. The highest BCUT2D eigenvalue weighted by Gasteiger charge is 2.26. The van der Waals surface area contributed by atoms with Gasteiger partial charge in [0.15, 0.2) is 5.65 Å². The van der Waals surface area contributed by atoms with E-state index in [2.05, 4.69) is 4.90 Å². The Morgan fingerprint density at radius 3 is 2.35 bits per heavy atom. The van der Waals surface area contributed by atoms with Crippen LogP contribution >= 0.6 is 0 Å². The van der Waals surface area contributed by atoms with E-state index >= 15 is 0 Å². The van der Waals surface area contributed by atoms with Crippen LogP contribution < -0.4 is 4.74 Å². The van der Waals surface area contributed by atoms with Crippen LogP contribution in [0.3, 0.4) is 0 Å². The predicted molar refractivity (Wildman–Crippen MR) is 179 cm³/mol. The molecule has 0 radical (unpaired) electrons. The van der Waals surface area contributed by atoms with Gasteiger partial charge in [0.25, 0.3) is 10.0 Å². The normalized spacial score (nSPS) is 11.9. The van der Waals surface area contributed by atoms with Crippen LogP contribution in [-0.2, 0) is 16.6 Å². The highest BCUT2D eigenvalue weighted by atomic mass is 32.2. The Hall–Kier alpha value is -4.80. The van der Waals surface area contributed by atoms with E-state index in [4.69, 9.17) is 14.8 Å². The highest BCUT2D eigenvalue weighted by Crippen LogP contribution is 2.38. The van der Waals surface area contributed by atoms with Gasteiger partial charge in [-0.1, -0.05) is 42.0 Å². The number of ether oxygens (including phenoxy) is 1. The summed E-state index contributed by atoms with van der Waals surface area (Å²) in [5, 5.41) is 5.46. The molecule has 0 unspecified atom stereocenters. The maximum Gasteiger partial charge on any atom is 0.269 e. The molecule has 0 saturated carbocycles. The van der Waals surface area contributed by atoms with Crippen LogP contribution in [0.15, 0.2) is 96.2 Å². The summed E-state index contributed by atoms with van der Waals surface area (Å²) in [7, 11) is 0.0285. The van der Waals surface area contributed by atoms with Crippen LogP contribution in [0.2, 0.25) is 0 Å². The van der Waals surface area contributed by atoms with Crippen molar-refractivity contribution in [2.45, 2.75) is 32.2 Å². The fourth-order valence-electron chi connectivity index (χ4n) is 5.58. The topological polar surface area (TPSA) is 82.2 Å². The van der Waals surface area contributed by atoms with Crippen molar-refractivity contribution in [1.29, 1.82) is 0 Å². The predicted octanol–water partition coefficient (Wildman–Crippen LogP) is 6.86. The first-order chi connectivity index (χ1) is 22.0. The zero-order chi connectivity index (χ0) is 32.6. The van der Waals surface area contributed by atoms with Gasteiger partial charge in [-0.3, -0.25) is 4.68 Å². The van der Waals surface area contributed by atoms with E-state index < -0.39 is 10.0 Å². The minimum atomic E-state index is -3.97. The van der Waals surface area contributed by atoms with Crippen molar-refractivity contribution < 1.29 is 17.5 Å². The summed E-state index contributed by atoms with van der Waals surface area (Å²) in [6.07, 6.45) is 3.34. The molecule has 0 aliphatic heterocycles. The molecular weight excluding hydrogens is 601 g/mol. The maximum absolute atomic E-state index is 14.0. The molecule has 3 aromatic carbocycles. The van der Waals surface area contributed by atoms with Gasteiger partial charge < -0.3 is 9.64 Å². The van der Waals surface area contributed by atoms with Crippen molar-refractivity contribution in [3.8, 4) is 28.0 Å². The van der Waals surface area contributed by atoms with Crippen LogP contribution in [-0.4, -0.2) is 59.3 Å². The number of likely N-dealkylation sites (N-methyl/N-ethyl adjacent to an activating group) is 1. The van der Waals surface area contributed by atoms with Crippen molar-refractivity contribution in [2.24, 2.45) is 0 Å².